The van der Waals surface area contributed by atoms with E-state index in [-0.39, 0.29) is 12.0 Å². The summed E-state index contributed by atoms with van der Waals surface area (Å²) in [5.74, 6) is 1.65. The molecule has 1 aromatic heterocycles. The van der Waals surface area contributed by atoms with Crippen LogP contribution in [0.4, 0.5) is 5.69 Å². The summed E-state index contributed by atoms with van der Waals surface area (Å²) >= 11 is 7.55. The van der Waals surface area contributed by atoms with Crippen LogP contribution >= 0.6 is 23.4 Å². The van der Waals surface area contributed by atoms with E-state index in [1.54, 1.807) is 6.07 Å². The van der Waals surface area contributed by atoms with Gasteiger partial charge in [0.2, 0.25) is 5.91 Å². The molecule has 2 heterocycles. The molecule has 0 N–H and O–H groups in total. The highest BCUT2D eigenvalue weighted by atomic mass is 35.5. The molecule has 0 saturated carbocycles. The van der Waals surface area contributed by atoms with Crippen LogP contribution in [-0.2, 0) is 18.3 Å². The van der Waals surface area contributed by atoms with E-state index in [4.69, 9.17) is 16.3 Å². The Morgan fingerprint density at radius 3 is 2.79 bits per heavy atom. The van der Waals surface area contributed by atoms with E-state index in [0.717, 1.165) is 18.7 Å². The maximum atomic E-state index is 12.7. The van der Waals surface area contributed by atoms with Crippen LogP contribution < -0.4 is 9.64 Å². The van der Waals surface area contributed by atoms with E-state index in [1.165, 1.54) is 17.3 Å². The highest BCUT2D eigenvalue weighted by Gasteiger charge is 2.25. The summed E-state index contributed by atoms with van der Waals surface area (Å²) in [7, 11) is 1.87. The van der Waals surface area contributed by atoms with Crippen molar-refractivity contribution in [3.05, 3.63) is 64.9 Å². The molecule has 1 unspecified atom stereocenters. The van der Waals surface area contributed by atoms with Crippen LogP contribution in [0.25, 0.3) is 0 Å². The lowest BCUT2D eigenvalue weighted by Gasteiger charge is -2.17. The molecule has 0 bridgehead atoms. The number of aromatic nitrogens is 3. The van der Waals surface area contributed by atoms with Crippen LogP contribution in [0.15, 0.2) is 53.7 Å². The first-order valence-electron chi connectivity index (χ1n) is 9.36. The van der Waals surface area contributed by atoms with Crippen LogP contribution in [0.5, 0.6) is 5.75 Å². The Bertz CT molecular complexity index is 1040. The maximum Gasteiger partial charge on any atom is 0.237 e. The quantitative estimate of drug-likeness (QED) is 0.548. The molecule has 3 aromatic rings. The number of benzene rings is 2. The van der Waals surface area contributed by atoms with E-state index in [1.807, 2.05) is 59.8 Å². The second-order valence-electron chi connectivity index (χ2n) is 6.80. The van der Waals surface area contributed by atoms with E-state index < -0.39 is 0 Å². The van der Waals surface area contributed by atoms with E-state index >= 15 is 0 Å². The fourth-order valence-electron chi connectivity index (χ4n) is 3.39. The summed E-state index contributed by atoms with van der Waals surface area (Å²) in [5.41, 5.74) is 2.23. The predicted octanol–water partition coefficient (Wildman–Crippen LogP) is 4.29. The summed E-state index contributed by atoms with van der Waals surface area (Å²) in [4.78, 5) is 14.6. The number of para-hydroxylation sites is 2. The standard InChI is InChI=1S/C21H21ClN4O2S/c1-14(28-18-10-6-4-8-16(18)22)20-23-24-21(25(20)2)29-13-19(27)26-12-11-15-7-3-5-9-17(15)26/h3-10,14H,11-13H2,1-2H3. The zero-order valence-electron chi connectivity index (χ0n) is 16.2. The van der Waals surface area contributed by atoms with Crippen molar-refractivity contribution in [1.82, 2.24) is 14.8 Å². The van der Waals surface area contributed by atoms with Gasteiger partial charge < -0.3 is 14.2 Å². The second-order valence-corrected chi connectivity index (χ2v) is 8.15. The second kappa shape index (κ2) is 8.47. The average molecular weight is 429 g/mol. The minimum Gasteiger partial charge on any atom is -0.481 e. The maximum absolute atomic E-state index is 12.7. The topological polar surface area (TPSA) is 60.3 Å². The summed E-state index contributed by atoms with van der Waals surface area (Å²) in [6.45, 7) is 2.62. The molecule has 0 fully saturated rings. The SMILES string of the molecule is CC(Oc1ccccc1Cl)c1nnc(SCC(=O)N2CCc3ccccc32)n1C. The van der Waals surface area contributed by atoms with Crippen LogP contribution in [0.3, 0.4) is 0 Å². The fraction of sp³-hybridized carbons (Fsp3) is 0.286. The normalized spacial score (nSPS) is 14.0. The van der Waals surface area contributed by atoms with Gasteiger partial charge in [-0.2, -0.15) is 0 Å². The summed E-state index contributed by atoms with van der Waals surface area (Å²) in [5, 5.41) is 9.71. The molecule has 6 nitrogen and oxygen atoms in total. The first-order valence-corrected chi connectivity index (χ1v) is 10.7. The molecule has 8 heteroatoms. The first kappa shape index (κ1) is 19.8. The Morgan fingerprint density at radius 2 is 1.97 bits per heavy atom. The van der Waals surface area contributed by atoms with Crippen LogP contribution in [0.2, 0.25) is 5.02 Å². The van der Waals surface area contributed by atoms with Gasteiger partial charge in [-0.25, -0.2) is 0 Å². The van der Waals surface area contributed by atoms with Crippen molar-refractivity contribution in [3.8, 4) is 5.75 Å². The van der Waals surface area contributed by atoms with Gasteiger partial charge in [0.15, 0.2) is 17.1 Å². The molecule has 0 spiro atoms. The van der Waals surface area contributed by atoms with Gasteiger partial charge in [0, 0.05) is 19.3 Å². The summed E-state index contributed by atoms with van der Waals surface area (Å²) in [6.07, 6.45) is 0.570. The van der Waals surface area contributed by atoms with Crippen molar-refractivity contribution in [2.45, 2.75) is 24.6 Å². The number of anilines is 1. The van der Waals surface area contributed by atoms with Gasteiger partial charge in [-0.1, -0.05) is 53.7 Å². The highest BCUT2D eigenvalue weighted by Crippen LogP contribution is 2.30. The van der Waals surface area contributed by atoms with Crippen molar-refractivity contribution < 1.29 is 9.53 Å². The minimum absolute atomic E-state index is 0.0739. The lowest BCUT2D eigenvalue weighted by Crippen LogP contribution is -2.30. The van der Waals surface area contributed by atoms with Crippen LogP contribution in [0, 0.1) is 0 Å². The largest absolute Gasteiger partial charge is 0.481 e. The Labute approximate surface area is 178 Å². The van der Waals surface area contributed by atoms with Gasteiger partial charge in [-0.05, 0) is 37.1 Å². The number of hydrogen-bond donors (Lipinski definition) is 0. The zero-order chi connectivity index (χ0) is 20.4. The van der Waals surface area contributed by atoms with Crippen molar-refractivity contribution in [2.75, 3.05) is 17.2 Å². The number of amides is 1. The van der Waals surface area contributed by atoms with Gasteiger partial charge >= 0.3 is 0 Å². The molecule has 1 aliphatic heterocycles. The number of halogens is 1. The fourth-order valence-corrected chi connectivity index (χ4v) is 4.37. The molecule has 1 aliphatic rings. The molecular weight excluding hydrogens is 408 g/mol. The zero-order valence-corrected chi connectivity index (χ0v) is 17.8. The van der Waals surface area contributed by atoms with Gasteiger partial charge in [0.1, 0.15) is 5.75 Å². The third-order valence-corrected chi connectivity index (χ3v) is 6.20. The van der Waals surface area contributed by atoms with Gasteiger partial charge in [-0.15, -0.1) is 10.2 Å². The number of nitrogens with zero attached hydrogens (tertiary/aromatic N) is 4. The number of hydrogen-bond acceptors (Lipinski definition) is 5. The molecule has 4 rings (SSSR count). The van der Waals surface area contributed by atoms with Crippen molar-refractivity contribution >= 4 is 35.0 Å². The van der Waals surface area contributed by atoms with Crippen LogP contribution in [-0.4, -0.2) is 33.0 Å². The van der Waals surface area contributed by atoms with E-state index in [9.17, 15) is 4.79 Å². The van der Waals surface area contributed by atoms with Crippen molar-refractivity contribution in [2.24, 2.45) is 7.05 Å². The number of carbonyl (C=O) groups excluding carboxylic acids is 1. The van der Waals surface area contributed by atoms with E-state index in [2.05, 4.69) is 16.3 Å². The Morgan fingerprint density at radius 1 is 1.21 bits per heavy atom. The first-order chi connectivity index (χ1) is 14.0. The molecule has 29 heavy (non-hydrogen) atoms. The lowest BCUT2D eigenvalue weighted by atomic mass is 10.2. The van der Waals surface area contributed by atoms with Gasteiger partial charge in [0.05, 0.1) is 10.8 Å². The third kappa shape index (κ3) is 4.11. The molecule has 1 amide bonds. The van der Waals surface area contributed by atoms with Gasteiger partial charge in [0.25, 0.3) is 0 Å². The highest BCUT2D eigenvalue weighted by molar-refractivity contribution is 7.99. The molecule has 0 radical (unpaired) electrons. The van der Waals surface area contributed by atoms with E-state index in [0.29, 0.717) is 27.5 Å². The summed E-state index contributed by atoms with van der Waals surface area (Å²) < 4.78 is 7.79. The Kier molecular flexibility index (Phi) is 5.78. The Balaban J connectivity index is 1.40. The van der Waals surface area contributed by atoms with Crippen LogP contribution in [0.1, 0.15) is 24.4 Å². The molecule has 1 atom stereocenters. The number of rotatable bonds is 6. The Hall–Kier alpha value is -2.51. The molecule has 0 aliphatic carbocycles. The van der Waals surface area contributed by atoms with Crippen molar-refractivity contribution in [1.29, 1.82) is 0 Å². The predicted molar refractivity (Wildman–Crippen MR) is 115 cm³/mol. The number of fused-ring (bicyclic) bond motifs is 1. The third-order valence-electron chi connectivity index (χ3n) is 4.89. The van der Waals surface area contributed by atoms with Gasteiger partial charge in [-0.3, -0.25) is 4.79 Å². The molecule has 2 aromatic carbocycles. The molecule has 150 valence electrons. The average Bonchev–Trinajstić information content (AvgIpc) is 3.31. The molecular formula is C21H21ClN4O2S. The smallest absolute Gasteiger partial charge is 0.237 e. The number of thioether (sulfide) groups is 1. The monoisotopic (exact) mass is 428 g/mol. The molecule has 0 saturated heterocycles. The number of carbonyl (C=O) groups is 1. The van der Waals surface area contributed by atoms with Crippen molar-refractivity contribution in [3.63, 3.8) is 0 Å². The lowest BCUT2D eigenvalue weighted by molar-refractivity contribution is -0.116. The minimum atomic E-state index is -0.331. The summed E-state index contributed by atoms with van der Waals surface area (Å²) in [6, 6.07) is 15.4. The number of ether oxygens (including phenoxy) is 1.